The molecule has 0 aliphatic carbocycles. The van der Waals surface area contributed by atoms with Gasteiger partial charge in [0.05, 0.1) is 11.7 Å². The molecule has 2 heterocycles. The third kappa shape index (κ3) is 2.93. The SMILES string of the molecule is CCCC(Nc1nc(C)cn1CC)c1cccs1. The minimum atomic E-state index is 0.377. The van der Waals surface area contributed by atoms with Crippen LogP contribution in [-0.2, 0) is 6.54 Å². The molecule has 0 aromatic carbocycles. The topological polar surface area (TPSA) is 29.9 Å². The summed E-state index contributed by atoms with van der Waals surface area (Å²) in [6.07, 6.45) is 4.40. The molecule has 0 amide bonds. The summed E-state index contributed by atoms with van der Waals surface area (Å²) in [7, 11) is 0. The molecule has 3 nitrogen and oxygen atoms in total. The number of hydrogen-bond donors (Lipinski definition) is 1. The molecular weight excluding hydrogens is 242 g/mol. The molecule has 0 saturated heterocycles. The average molecular weight is 263 g/mol. The van der Waals surface area contributed by atoms with E-state index in [4.69, 9.17) is 0 Å². The first-order valence-electron chi connectivity index (χ1n) is 6.58. The van der Waals surface area contributed by atoms with Crippen LogP contribution in [-0.4, -0.2) is 9.55 Å². The van der Waals surface area contributed by atoms with E-state index in [2.05, 4.69) is 52.4 Å². The van der Waals surface area contributed by atoms with Crippen molar-refractivity contribution in [3.63, 3.8) is 0 Å². The first-order valence-corrected chi connectivity index (χ1v) is 7.46. The van der Waals surface area contributed by atoms with E-state index < -0.39 is 0 Å². The van der Waals surface area contributed by atoms with Gasteiger partial charge in [-0.1, -0.05) is 19.4 Å². The molecule has 0 bridgehead atoms. The predicted molar refractivity (Wildman–Crippen MR) is 78.2 cm³/mol. The summed E-state index contributed by atoms with van der Waals surface area (Å²) in [4.78, 5) is 5.96. The molecule has 18 heavy (non-hydrogen) atoms. The summed E-state index contributed by atoms with van der Waals surface area (Å²) in [6.45, 7) is 7.36. The van der Waals surface area contributed by atoms with E-state index in [9.17, 15) is 0 Å². The quantitative estimate of drug-likeness (QED) is 0.845. The van der Waals surface area contributed by atoms with Gasteiger partial charge in [0.25, 0.3) is 0 Å². The maximum absolute atomic E-state index is 4.57. The Morgan fingerprint density at radius 1 is 1.44 bits per heavy atom. The summed E-state index contributed by atoms with van der Waals surface area (Å²) in [5.41, 5.74) is 1.07. The van der Waals surface area contributed by atoms with E-state index in [0.29, 0.717) is 6.04 Å². The second-order valence-electron chi connectivity index (χ2n) is 4.49. The zero-order valence-electron chi connectivity index (χ0n) is 11.3. The maximum atomic E-state index is 4.57. The lowest BCUT2D eigenvalue weighted by molar-refractivity contribution is 0.664. The van der Waals surface area contributed by atoms with E-state index in [0.717, 1.165) is 24.6 Å². The summed E-state index contributed by atoms with van der Waals surface area (Å²) < 4.78 is 2.17. The lowest BCUT2D eigenvalue weighted by Crippen LogP contribution is -2.13. The Kier molecular flexibility index (Phi) is 4.42. The van der Waals surface area contributed by atoms with Gasteiger partial charge >= 0.3 is 0 Å². The van der Waals surface area contributed by atoms with Crippen LogP contribution in [0.25, 0.3) is 0 Å². The summed E-state index contributed by atoms with van der Waals surface area (Å²) in [6, 6.07) is 4.69. The van der Waals surface area contributed by atoms with E-state index in [-0.39, 0.29) is 0 Å². The van der Waals surface area contributed by atoms with Crippen molar-refractivity contribution in [2.24, 2.45) is 0 Å². The van der Waals surface area contributed by atoms with Gasteiger partial charge in [-0.05, 0) is 31.7 Å². The monoisotopic (exact) mass is 263 g/mol. The van der Waals surface area contributed by atoms with Gasteiger partial charge in [-0.25, -0.2) is 4.98 Å². The first-order chi connectivity index (χ1) is 8.74. The van der Waals surface area contributed by atoms with Crippen LogP contribution < -0.4 is 5.32 Å². The summed E-state index contributed by atoms with van der Waals surface area (Å²) >= 11 is 1.81. The highest BCUT2D eigenvalue weighted by atomic mass is 32.1. The number of rotatable bonds is 6. The van der Waals surface area contributed by atoms with Gasteiger partial charge in [0.1, 0.15) is 0 Å². The van der Waals surface area contributed by atoms with Crippen LogP contribution in [0.1, 0.15) is 43.3 Å². The molecule has 1 N–H and O–H groups in total. The fraction of sp³-hybridized carbons (Fsp3) is 0.500. The third-order valence-electron chi connectivity index (χ3n) is 3.00. The van der Waals surface area contributed by atoms with E-state index in [1.165, 1.54) is 11.3 Å². The molecule has 0 saturated carbocycles. The second-order valence-corrected chi connectivity index (χ2v) is 5.47. The molecule has 1 unspecified atom stereocenters. The number of hydrogen-bond acceptors (Lipinski definition) is 3. The van der Waals surface area contributed by atoms with Crippen molar-refractivity contribution in [2.45, 2.75) is 46.2 Å². The number of imidazole rings is 1. The molecule has 1 atom stereocenters. The van der Waals surface area contributed by atoms with Gasteiger partial charge in [0.2, 0.25) is 5.95 Å². The molecule has 2 rings (SSSR count). The molecule has 4 heteroatoms. The van der Waals surface area contributed by atoms with Gasteiger partial charge < -0.3 is 9.88 Å². The minimum Gasteiger partial charge on any atom is -0.348 e. The van der Waals surface area contributed by atoms with E-state index >= 15 is 0 Å². The summed E-state index contributed by atoms with van der Waals surface area (Å²) in [5.74, 6) is 0.988. The highest BCUT2D eigenvalue weighted by molar-refractivity contribution is 7.10. The van der Waals surface area contributed by atoms with Gasteiger partial charge in [-0.2, -0.15) is 0 Å². The maximum Gasteiger partial charge on any atom is 0.203 e. The Labute approximate surface area is 113 Å². The molecule has 2 aromatic rings. The van der Waals surface area contributed by atoms with Crippen molar-refractivity contribution in [1.82, 2.24) is 9.55 Å². The lowest BCUT2D eigenvalue weighted by atomic mass is 10.1. The van der Waals surface area contributed by atoms with Crippen molar-refractivity contribution in [1.29, 1.82) is 0 Å². The normalized spacial score (nSPS) is 12.6. The smallest absolute Gasteiger partial charge is 0.203 e. The number of aromatic nitrogens is 2. The van der Waals surface area contributed by atoms with E-state index in [1.54, 1.807) is 0 Å². The number of nitrogens with one attached hydrogen (secondary N) is 1. The van der Waals surface area contributed by atoms with Crippen molar-refractivity contribution in [3.8, 4) is 0 Å². The largest absolute Gasteiger partial charge is 0.348 e. The molecule has 0 aliphatic rings. The number of nitrogens with zero attached hydrogens (tertiary/aromatic N) is 2. The Morgan fingerprint density at radius 3 is 2.89 bits per heavy atom. The van der Waals surface area contributed by atoms with Crippen molar-refractivity contribution in [2.75, 3.05) is 5.32 Å². The third-order valence-corrected chi connectivity index (χ3v) is 3.99. The van der Waals surface area contributed by atoms with Crippen LogP contribution in [0, 0.1) is 6.92 Å². The number of aryl methyl sites for hydroxylation is 2. The van der Waals surface area contributed by atoms with Crippen LogP contribution in [0.2, 0.25) is 0 Å². The number of thiophene rings is 1. The molecule has 0 fully saturated rings. The van der Waals surface area contributed by atoms with Crippen LogP contribution in [0.5, 0.6) is 0 Å². The molecular formula is C14H21N3S. The Hall–Kier alpha value is -1.29. The van der Waals surface area contributed by atoms with Gasteiger partial charge in [-0.3, -0.25) is 0 Å². The van der Waals surface area contributed by atoms with Crippen LogP contribution in [0.3, 0.4) is 0 Å². The number of anilines is 1. The molecule has 0 radical (unpaired) electrons. The van der Waals surface area contributed by atoms with Crippen molar-refractivity contribution < 1.29 is 0 Å². The standard InChI is InChI=1S/C14H21N3S/c1-4-7-12(13-8-6-9-18-13)16-14-15-11(3)10-17(14)5-2/h6,8-10,12H,4-5,7H2,1-3H3,(H,15,16). The van der Waals surface area contributed by atoms with Crippen LogP contribution in [0.4, 0.5) is 5.95 Å². The minimum absolute atomic E-state index is 0.377. The predicted octanol–water partition coefficient (Wildman–Crippen LogP) is 4.23. The molecule has 2 aromatic heterocycles. The Morgan fingerprint density at radius 2 is 2.28 bits per heavy atom. The summed E-state index contributed by atoms with van der Waals surface area (Å²) in [5, 5.41) is 5.72. The lowest BCUT2D eigenvalue weighted by Gasteiger charge is -2.18. The van der Waals surface area contributed by atoms with Crippen LogP contribution in [0.15, 0.2) is 23.7 Å². The average Bonchev–Trinajstić information content (AvgIpc) is 2.97. The van der Waals surface area contributed by atoms with Gasteiger partial charge in [0.15, 0.2) is 0 Å². The fourth-order valence-electron chi connectivity index (χ4n) is 2.12. The Balaban J connectivity index is 2.18. The van der Waals surface area contributed by atoms with Crippen LogP contribution >= 0.6 is 11.3 Å². The highest BCUT2D eigenvalue weighted by Gasteiger charge is 2.14. The Bertz CT molecular complexity index is 473. The van der Waals surface area contributed by atoms with Crippen molar-refractivity contribution >= 4 is 17.3 Å². The molecule has 0 spiro atoms. The highest BCUT2D eigenvalue weighted by Crippen LogP contribution is 2.27. The first kappa shape index (κ1) is 13.1. The second kappa shape index (κ2) is 6.05. The van der Waals surface area contributed by atoms with E-state index in [1.807, 2.05) is 18.3 Å². The zero-order valence-corrected chi connectivity index (χ0v) is 12.1. The zero-order chi connectivity index (χ0) is 13.0. The molecule has 98 valence electrons. The van der Waals surface area contributed by atoms with Gasteiger partial charge in [-0.15, -0.1) is 11.3 Å². The molecule has 0 aliphatic heterocycles. The fourth-order valence-corrected chi connectivity index (χ4v) is 2.94. The van der Waals surface area contributed by atoms with Crippen molar-refractivity contribution in [3.05, 3.63) is 34.3 Å². The van der Waals surface area contributed by atoms with Gasteiger partial charge in [0, 0.05) is 17.6 Å².